The minimum absolute atomic E-state index is 0.0167. The number of rotatable bonds is 9. The maximum Gasteiger partial charge on any atom is 0.319 e. The first-order valence-corrected chi connectivity index (χ1v) is 15.9. The topological polar surface area (TPSA) is 94.1 Å². The SMILES string of the molecule is C[C@H]1CN([C@@H](C)CO)C(=O)c2cc(NC(=O)NC3CCCCC3)ccc2O[C@H]1CN(C)Cc1ccc(-c2ccccc2)cc1. The van der Waals surface area contributed by atoms with Gasteiger partial charge in [-0.1, -0.05) is 80.8 Å². The van der Waals surface area contributed by atoms with Gasteiger partial charge in [-0.15, -0.1) is 0 Å². The smallest absolute Gasteiger partial charge is 0.319 e. The molecule has 0 spiro atoms. The van der Waals surface area contributed by atoms with Crippen LogP contribution in [-0.4, -0.2) is 71.8 Å². The van der Waals surface area contributed by atoms with Crippen molar-refractivity contribution in [1.29, 1.82) is 0 Å². The van der Waals surface area contributed by atoms with E-state index in [1.54, 1.807) is 23.1 Å². The summed E-state index contributed by atoms with van der Waals surface area (Å²) in [4.78, 5) is 30.5. The molecule has 1 aliphatic carbocycles. The van der Waals surface area contributed by atoms with Gasteiger partial charge in [0.05, 0.1) is 18.2 Å². The lowest BCUT2D eigenvalue weighted by atomic mass is 9.96. The molecule has 3 amide bonds. The lowest BCUT2D eigenvalue weighted by molar-refractivity contribution is 0.0341. The molecular weight excluding hydrogens is 552 g/mol. The van der Waals surface area contributed by atoms with Gasteiger partial charge in [-0.05, 0) is 61.7 Å². The van der Waals surface area contributed by atoms with Gasteiger partial charge in [0.15, 0.2) is 0 Å². The van der Waals surface area contributed by atoms with Crippen LogP contribution in [-0.2, 0) is 6.54 Å². The molecule has 44 heavy (non-hydrogen) atoms. The Morgan fingerprint density at radius 2 is 1.73 bits per heavy atom. The fraction of sp³-hybridized carbons (Fsp3) is 0.444. The zero-order chi connectivity index (χ0) is 31.1. The van der Waals surface area contributed by atoms with Gasteiger partial charge in [-0.3, -0.25) is 9.69 Å². The van der Waals surface area contributed by atoms with Crippen LogP contribution in [0.15, 0.2) is 72.8 Å². The quantitative estimate of drug-likeness (QED) is 0.274. The number of carbonyl (C=O) groups is 2. The molecule has 0 aromatic heterocycles. The van der Waals surface area contributed by atoms with Crippen molar-refractivity contribution in [3.8, 4) is 16.9 Å². The highest BCUT2D eigenvalue weighted by atomic mass is 16.5. The van der Waals surface area contributed by atoms with Crippen molar-refractivity contribution in [2.24, 2.45) is 5.92 Å². The second-order valence-corrected chi connectivity index (χ2v) is 12.5. The fourth-order valence-corrected chi connectivity index (χ4v) is 6.23. The van der Waals surface area contributed by atoms with E-state index in [1.807, 2.05) is 25.1 Å². The van der Waals surface area contributed by atoms with E-state index in [0.717, 1.165) is 32.2 Å². The third-order valence-corrected chi connectivity index (χ3v) is 8.87. The lowest BCUT2D eigenvalue weighted by Gasteiger charge is -2.38. The Kier molecular flexibility index (Phi) is 10.6. The van der Waals surface area contributed by atoms with E-state index in [0.29, 0.717) is 30.1 Å². The number of likely N-dealkylation sites (N-methyl/N-ethyl adjacent to an activating group) is 1. The van der Waals surface area contributed by atoms with E-state index in [2.05, 4.69) is 65.9 Å². The molecule has 8 nitrogen and oxygen atoms in total. The van der Waals surface area contributed by atoms with Gasteiger partial charge < -0.3 is 25.4 Å². The molecule has 0 saturated heterocycles. The molecule has 0 radical (unpaired) electrons. The van der Waals surface area contributed by atoms with Gasteiger partial charge in [-0.25, -0.2) is 4.79 Å². The summed E-state index contributed by atoms with van der Waals surface area (Å²) < 4.78 is 6.57. The standard InChI is InChI=1S/C36H46N4O4/c1-25-21-40(26(2)24-41)35(42)32-20-31(38-36(43)37-30-12-8-5-9-13-30)18-19-33(32)44-34(25)23-39(3)22-27-14-16-29(17-15-27)28-10-6-4-7-11-28/h4,6-7,10-11,14-20,25-26,30,34,41H,5,8-9,12-13,21-24H2,1-3H3,(H2,37,38,43)/t25-,26-,34-/m0/s1. The lowest BCUT2D eigenvalue weighted by Crippen LogP contribution is -2.49. The molecule has 3 N–H and O–H groups in total. The van der Waals surface area contributed by atoms with E-state index >= 15 is 0 Å². The third kappa shape index (κ3) is 7.98. The van der Waals surface area contributed by atoms with Crippen LogP contribution in [0.5, 0.6) is 5.75 Å². The third-order valence-electron chi connectivity index (χ3n) is 8.87. The number of ether oxygens (including phenoxy) is 1. The number of nitrogens with one attached hydrogen (secondary N) is 2. The number of aliphatic hydroxyl groups excluding tert-OH is 1. The largest absolute Gasteiger partial charge is 0.488 e. The average Bonchev–Trinajstić information content (AvgIpc) is 3.04. The van der Waals surface area contributed by atoms with Crippen LogP contribution in [0.1, 0.15) is 61.9 Å². The molecule has 3 aromatic carbocycles. The Labute approximate surface area is 261 Å². The number of hydrogen-bond acceptors (Lipinski definition) is 5. The molecular formula is C36H46N4O4. The molecule has 1 fully saturated rings. The number of amides is 3. The summed E-state index contributed by atoms with van der Waals surface area (Å²) >= 11 is 0. The zero-order valence-corrected chi connectivity index (χ0v) is 26.2. The van der Waals surface area contributed by atoms with Gasteiger partial charge in [0.2, 0.25) is 0 Å². The summed E-state index contributed by atoms with van der Waals surface area (Å²) in [7, 11) is 2.08. The first-order valence-electron chi connectivity index (χ1n) is 15.9. The Morgan fingerprint density at radius 1 is 1.02 bits per heavy atom. The molecule has 2 aliphatic rings. The number of hydrogen-bond donors (Lipinski definition) is 3. The molecule has 0 bridgehead atoms. The van der Waals surface area contributed by atoms with Crippen molar-refractivity contribution < 1.29 is 19.4 Å². The van der Waals surface area contributed by atoms with E-state index in [-0.39, 0.29) is 42.7 Å². The van der Waals surface area contributed by atoms with Gasteiger partial charge in [0.25, 0.3) is 5.91 Å². The Balaban J connectivity index is 1.30. The van der Waals surface area contributed by atoms with Crippen molar-refractivity contribution in [3.05, 3.63) is 83.9 Å². The summed E-state index contributed by atoms with van der Waals surface area (Å²) in [6.07, 6.45) is 5.26. The highest BCUT2D eigenvalue weighted by Crippen LogP contribution is 2.31. The van der Waals surface area contributed by atoms with Crippen LogP contribution in [0.2, 0.25) is 0 Å². The number of fused-ring (bicyclic) bond motifs is 1. The Morgan fingerprint density at radius 3 is 2.43 bits per heavy atom. The monoisotopic (exact) mass is 598 g/mol. The van der Waals surface area contributed by atoms with Gasteiger partial charge >= 0.3 is 6.03 Å². The van der Waals surface area contributed by atoms with Crippen LogP contribution < -0.4 is 15.4 Å². The van der Waals surface area contributed by atoms with Crippen LogP contribution >= 0.6 is 0 Å². The first-order chi connectivity index (χ1) is 21.3. The second kappa shape index (κ2) is 14.7. The summed E-state index contributed by atoms with van der Waals surface area (Å²) in [5, 5.41) is 16.0. The maximum absolute atomic E-state index is 13.8. The molecule has 5 rings (SSSR count). The number of urea groups is 1. The van der Waals surface area contributed by atoms with E-state index in [9.17, 15) is 14.7 Å². The van der Waals surface area contributed by atoms with Crippen LogP contribution in [0.3, 0.4) is 0 Å². The second-order valence-electron chi connectivity index (χ2n) is 12.5. The van der Waals surface area contributed by atoms with Crippen LogP contribution in [0.4, 0.5) is 10.5 Å². The predicted octanol–water partition coefficient (Wildman–Crippen LogP) is 6.16. The molecule has 1 saturated carbocycles. The van der Waals surface area contributed by atoms with Crippen molar-refractivity contribution in [2.75, 3.05) is 32.1 Å². The minimum Gasteiger partial charge on any atom is -0.488 e. The van der Waals surface area contributed by atoms with Crippen molar-refractivity contribution >= 4 is 17.6 Å². The first kappa shape index (κ1) is 31.5. The summed E-state index contributed by atoms with van der Waals surface area (Å²) in [6, 6.07) is 23.8. The highest BCUT2D eigenvalue weighted by molar-refractivity contribution is 5.99. The molecule has 0 unspecified atom stereocenters. The Hall–Kier alpha value is -3.88. The molecule has 3 atom stereocenters. The summed E-state index contributed by atoms with van der Waals surface area (Å²) in [6.45, 7) is 5.66. The molecule has 234 valence electrons. The van der Waals surface area contributed by atoms with Crippen LogP contribution in [0.25, 0.3) is 11.1 Å². The molecule has 1 aliphatic heterocycles. The summed E-state index contributed by atoms with van der Waals surface area (Å²) in [5.41, 5.74) is 4.51. The Bertz CT molecular complexity index is 1390. The molecule has 8 heteroatoms. The average molecular weight is 599 g/mol. The number of carbonyl (C=O) groups excluding carboxylic acids is 2. The predicted molar refractivity (Wildman–Crippen MR) is 175 cm³/mol. The van der Waals surface area contributed by atoms with Gasteiger partial charge in [-0.2, -0.15) is 0 Å². The fourth-order valence-electron chi connectivity index (χ4n) is 6.23. The summed E-state index contributed by atoms with van der Waals surface area (Å²) in [5.74, 6) is 0.290. The normalized spacial score (nSPS) is 19.8. The number of nitrogens with zero attached hydrogens (tertiary/aromatic N) is 2. The van der Waals surface area contributed by atoms with Gasteiger partial charge in [0.1, 0.15) is 11.9 Å². The maximum atomic E-state index is 13.8. The highest BCUT2D eigenvalue weighted by Gasteiger charge is 2.33. The van der Waals surface area contributed by atoms with Gasteiger partial charge in [0, 0.05) is 37.3 Å². The van der Waals surface area contributed by atoms with Crippen molar-refractivity contribution in [2.45, 2.75) is 70.7 Å². The van der Waals surface area contributed by atoms with E-state index in [4.69, 9.17) is 4.74 Å². The molecule has 3 aromatic rings. The number of aliphatic hydroxyl groups is 1. The minimum atomic E-state index is -0.358. The van der Waals surface area contributed by atoms with E-state index < -0.39 is 0 Å². The van der Waals surface area contributed by atoms with Crippen molar-refractivity contribution in [3.63, 3.8) is 0 Å². The van der Waals surface area contributed by atoms with Crippen molar-refractivity contribution in [1.82, 2.24) is 15.1 Å². The van der Waals surface area contributed by atoms with Crippen LogP contribution in [0, 0.1) is 5.92 Å². The molecule has 1 heterocycles. The zero-order valence-electron chi connectivity index (χ0n) is 26.2. The number of benzene rings is 3. The number of anilines is 1. The van der Waals surface area contributed by atoms with E-state index in [1.165, 1.54) is 23.1 Å².